The zero-order chi connectivity index (χ0) is 13.4. The molecule has 0 aliphatic carbocycles. The second-order valence-corrected chi connectivity index (χ2v) is 5.45. The van der Waals surface area contributed by atoms with Crippen molar-refractivity contribution >= 4 is 5.91 Å². The van der Waals surface area contributed by atoms with Gasteiger partial charge < -0.3 is 4.90 Å². The number of pyridine rings is 1. The first-order valence-corrected chi connectivity index (χ1v) is 6.81. The van der Waals surface area contributed by atoms with E-state index >= 15 is 0 Å². The van der Waals surface area contributed by atoms with Crippen LogP contribution in [0.1, 0.15) is 30.1 Å². The molecule has 2 aliphatic rings. The third kappa shape index (κ3) is 2.23. The van der Waals surface area contributed by atoms with Crippen LogP contribution in [0.5, 0.6) is 0 Å². The maximum atomic E-state index is 13.7. The predicted octanol–water partition coefficient (Wildman–Crippen LogP) is 1.53. The van der Waals surface area contributed by atoms with Crippen molar-refractivity contribution in [1.29, 1.82) is 0 Å². The van der Waals surface area contributed by atoms with Crippen LogP contribution in [0.4, 0.5) is 4.39 Å². The van der Waals surface area contributed by atoms with Gasteiger partial charge in [-0.1, -0.05) is 0 Å². The summed E-state index contributed by atoms with van der Waals surface area (Å²) in [6, 6.07) is 2.05. The van der Waals surface area contributed by atoms with Crippen LogP contribution in [-0.4, -0.2) is 52.4 Å². The molecule has 19 heavy (non-hydrogen) atoms. The van der Waals surface area contributed by atoms with Crippen molar-refractivity contribution in [2.24, 2.45) is 0 Å². The van der Waals surface area contributed by atoms with Gasteiger partial charge in [0.15, 0.2) is 5.82 Å². The lowest BCUT2D eigenvalue weighted by atomic mass is 10.1. The Morgan fingerprint density at radius 2 is 2.32 bits per heavy atom. The number of carbonyl (C=O) groups is 1. The molecular formula is C14H18FN3O. The fraction of sp³-hybridized carbons (Fsp3) is 0.571. The van der Waals surface area contributed by atoms with E-state index in [1.165, 1.54) is 18.7 Å². The SMILES string of the molecule is CC1CN2CCCC2CN1C(=O)c1ccncc1F. The Labute approximate surface area is 112 Å². The monoisotopic (exact) mass is 263 g/mol. The van der Waals surface area contributed by atoms with E-state index in [4.69, 9.17) is 0 Å². The van der Waals surface area contributed by atoms with E-state index in [2.05, 4.69) is 9.88 Å². The largest absolute Gasteiger partial charge is 0.333 e. The lowest BCUT2D eigenvalue weighted by Gasteiger charge is -2.42. The molecule has 0 saturated carbocycles. The molecule has 102 valence electrons. The maximum absolute atomic E-state index is 13.7. The summed E-state index contributed by atoms with van der Waals surface area (Å²) in [6.45, 7) is 4.76. The number of hydrogen-bond acceptors (Lipinski definition) is 3. The van der Waals surface area contributed by atoms with E-state index in [1.807, 2.05) is 11.8 Å². The third-order valence-corrected chi connectivity index (χ3v) is 4.20. The van der Waals surface area contributed by atoms with Crippen LogP contribution in [0.15, 0.2) is 18.5 Å². The quantitative estimate of drug-likeness (QED) is 0.771. The highest BCUT2D eigenvalue weighted by Crippen LogP contribution is 2.25. The minimum Gasteiger partial charge on any atom is -0.333 e. The summed E-state index contributed by atoms with van der Waals surface area (Å²) < 4.78 is 13.7. The van der Waals surface area contributed by atoms with Gasteiger partial charge in [-0.2, -0.15) is 0 Å². The number of aromatic nitrogens is 1. The first kappa shape index (κ1) is 12.5. The Balaban J connectivity index is 1.81. The molecule has 2 unspecified atom stereocenters. The number of fused-ring (bicyclic) bond motifs is 1. The summed E-state index contributed by atoms with van der Waals surface area (Å²) in [5, 5.41) is 0. The summed E-state index contributed by atoms with van der Waals surface area (Å²) in [7, 11) is 0. The van der Waals surface area contributed by atoms with Gasteiger partial charge in [0.2, 0.25) is 0 Å². The molecule has 0 radical (unpaired) electrons. The van der Waals surface area contributed by atoms with E-state index in [0.29, 0.717) is 12.6 Å². The van der Waals surface area contributed by atoms with E-state index in [1.54, 1.807) is 0 Å². The highest BCUT2D eigenvalue weighted by molar-refractivity contribution is 5.94. The zero-order valence-electron chi connectivity index (χ0n) is 11.1. The average molecular weight is 263 g/mol. The van der Waals surface area contributed by atoms with Gasteiger partial charge in [0.25, 0.3) is 5.91 Å². The average Bonchev–Trinajstić information content (AvgIpc) is 2.84. The standard InChI is InChI=1S/C14H18FN3O/c1-10-8-17-6-2-3-11(17)9-18(10)14(19)12-4-5-16-7-13(12)15/h4-5,7,10-11H,2-3,6,8-9H2,1H3. The van der Waals surface area contributed by atoms with Gasteiger partial charge in [-0.05, 0) is 32.4 Å². The number of amides is 1. The summed E-state index contributed by atoms with van der Waals surface area (Å²) in [5.41, 5.74) is 0.133. The Kier molecular flexibility index (Phi) is 3.22. The molecule has 3 rings (SSSR count). The molecule has 2 aliphatic heterocycles. The number of nitrogens with zero attached hydrogens (tertiary/aromatic N) is 3. The van der Waals surface area contributed by atoms with E-state index in [9.17, 15) is 9.18 Å². The van der Waals surface area contributed by atoms with Crippen LogP contribution in [-0.2, 0) is 0 Å². The molecule has 2 saturated heterocycles. The molecule has 1 aromatic heterocycles. The van der Waals surface area contributed by atoms with E-state index in [0.717, 1.165) is 25.7 Å². The molecule has 1 aromatic rings. The molecule has 3 heterocycles. The molecule has 0 bridgehead atoms. The third-order valence-electron chi connectivity index (χ3n) is 4.20. The molecule has 2 atom stereocenters. The van der Waals surface area contributed by atoms with Crippen molar-refractivity contribution in [2.45, 2.75) is 31.8 Å². The molecule has 0 spiro atoms. The van der Waals surface area contributed by atoms with E-state index in [-0.39, 0.29) is 17.5 Å². The van der Waals surface area contributed by atoms with Crippen molar-refractivity contribution in [3.05, 3.63) is 29.8 Å². The second-order valence-electron chi connectivity index (χ2n) is 5.45. The van der Waals surface area contributed by atoms with Crippen molar-refractivity contribution in [3.8, 4) is 0 Å². The number of carbonyl (C=O) groups excluding carboxylic acids is 1. The van der Waals surface area contributed by atoms with Gasteiger partial charge >= 0.3 is 0 Å². The van der Waals surface area contributed by atoms with Gasteiger partial charge in [0.1, 0.15) is 0 Å². The smallest absolute Gasteiger partial charge is 0.257 e. The lowest BCUT2D eigenvalue weighted by molar-refractivity contribution is 0.0391. The predicted molar refractivity (Wildman–Crippen MR) is 69.3 cm³/mol. The summed E-state index contributed by atoms with van der Waals surface area (Å²) in [5.74, 6) is -0.743. The van der Waals surface area contributed by atoms with Crippen LogP contribution in [0, 0.1) is 5.82 Å². The molecule has 0 aromatic carbocycles. The number of halogens is 1. The highest BCUT2D eigenvalue weighted by atomic mass is 19.1. The maximum Gasteiger partial charge on any atom is 0.257 e. The summed E-state index contributed by atoms with van der Waals surface area (Å²) >= 11 is 0. The second kappa shape index (κ2) is 4.89. The summed E-state index contributed by atoms with van der Waals surface area (Å²) in [4.78, 5) is 20.4. The van der Waals surface area contributed by atoms with Gasteiger partial charge in [-0.25, -0.2) is 4.39 Å². The Bertz CT molecular complexity index is 493. The van der Waals surface area contributed by atoms with Gasteiger partial charge in [0.05, 0.1) is 11.8 Å². The minimum absolute atomic E-state index is 0.133. The van der Waals surface area contributed by atoms with Gasteiger partial charge in [0, 0.05) is 31.4 Å². The van der Waals surface area contributed by atoms with Crippen molar-refractivity contribution in [2.75, 3.05) is 19.6 Å². The van der Waals surface area contributed by atoms with Crippen LogP contribution < -0.4 is 0 Å². The van der Waals surface area contributed by atoms with Crippen molar-refractivity contribution in [1.82, 2.24) is 14.8 Å². The fourth-order valence-corrected chi connectivity index (χ4v) is 3.17. The number of hydrogen-bond donors (Lipinski definition) is 0. The minimum atomic E-state index is -0.534. The van der Waals surface area contributed by atoms with E-state index < -0.39 is 5.82 Å². The van der Waals surface area contributed by atoms with Gasteiger partial charge in [-0.15, -0.1) is 0 Å². The molecular weight excluding hydrogens is 245 g/mol. The molecule has 1 amide bonds. The lowest BCUT2D eigenvalue weighted by Crippen LogP contribution is -2.56. The van der Waals surface area contributed by atoms with Gasteiger partial charge in [-0.3, -0.25) is 14.7 Å². The first-order valence-electron chi connectivity index (χ1n) is 6.81. The fourth-order valence-electron chi connectivity index (χ4n) is 3.17. The van der Waals surface area contributed by atoms with Crippen LogP contribution in [0.2, 0.25) is 0 Å². The molecule has 2 fully saturated rings. The summed E-state index contributed by atoms with van der Waals surface area (Å²) in [6.07, 6.45) is 4.90. The topological polar surface area (TPSA) is 36.4 Å². The number of rotatable bonds is 1. The van der Waals surface area contributed by atoms with Crippen LogP contribution >= 0.6 is 0 Å². The Hall–Kier alpha value is -1.49. The van der Waals surface area contributed by atoms with Crippen molar-refractivity contribution < 1.29 is 9.18 Å². The first-order chi connectivity index (χ1) is 9.16. The van der Waals surface area contributed by atoms with Crippen molar-refractivity contribution in [3.63, 3.8) is 0 Å². The molecule has 5 heteroatoms. The zero-order valence-corrected chi connectivity index (χ0v) is 11.1. The van der Waals surface area contributed by atoms with Crippen LogP contribution in [0.25, 0.3) is 0 Å². The normalized spacial score (nSPS) is 27.4. The highest BCUT2D eigenvalue weighted by Gasteiger charge is 2.37. The molecule has 0 N–H and O–H groups in total. The van der Waals surface area contributed by atoms with Crippen LogP contribution in [0.3, 0.4) is 0 Å². The Morgan fingerprint density at radius 3 is 3.11 bits per heavy atom. The Morgan fingerprint density at radius 1 is 1.47 bits per heavy atom. The number of piperazine rings is 1. The molecule has 4 nitrogen and oxygen atoms in total.